The van der Waals surface area contributed by atoms with Crippen LogP contribution in [-0.2, 0) is 0 Å². The fourth-order valence-electron chi connectivity index (χ4n) is 4.95. The number of carbonyl (C=O) groups excluding carboxylic acids is 1. The van der Waals surface area contributed by atoms with E-state index in [0.717, 1.165) is 36.6 Å². The second kappa shape index (κ2) is 8.43. The number of amides is 1. The molecular formula is C25H24ClN3O3. The van der Waals surface area contributed by atoms with Gasteiger partial charge in [-0.05, 0) is 56.4 Å². The highest BCUT2D eigenvalue weighted by molar-refractivity contribution is 6.37. The van der Waals surface area contributed by atoms with Crippen LogP contribution in [0.15, 0.2) is 57.8 Å². The number of fused-ring (bicyclic) bond motifs is 3. The molecule has 5 rings (SSSR count). The van der Waals surface area contributed by atoms with Crippen LogP contribution in [0.1, 0.15) is 47.8 Å². The average Bonchev–Trinajstić information content (AvgIpc) is 3.20. The molecule has 2 heterocycles. The number of hydrogen-bond donors (Lipinski definition) is 1. The lowest BCUT2D eigenvalue weighted by molar-refractivity contribution is 0.0940. The van der Waals surface area contributed by atoms with E-state index in [4.69, 9.17) is 16.1 Å². The second-order valence-corrected chi connectivity index (χ2v) is 8.94. The Hall–Kier alpha value is -3.12. The molecule has 0 unspecified atom stereocenters. The summed E-state index contributed by atoms with van der Waals surface area (Å²) in [7, 11) is 0. The standard InChI is InChI=1S/C25H24ClN3O3/c1-15-21-23(28-32-15)22-19(26)11-6-12-20(22)29(25(21)31)18-10-5-7-16(13-18)14-27-24(30)17-8-3-2-4-9-17/h2-4,6,8-9,11-12,16,18H,5,7,10,13-14H2,1H3,(H,27,30)/t16-,18+/m1/s1. The van der Waals surface area contributed by atoms with Crippen LogP contribution in [0.2, 0.25) is 5.02 Å². The highest BCUT2D eigenvalue weighted by Crippen LogP contribution is 2.36. The molecule has 2 aromatic heterocycles. The lowest BCUT2D eigenvalue weighted by atomic mass is 9.85. The first kappa shape index (κ1) is 20.8. The van der Waals surface area contributed by atoms with Gasteiger partial charge < -0.3 is 14.4 Å². The summed E-state index contributed by atoms with van der Waals surface area (Å²) < 4.78 is 7.23. The Bertz CT molecular complexity index is 1360. The number of nitrogens with zero attached hydrogens (tertiary/aromatic N) is 2. The molecule has 2 aromatic carbocycles. The number of carbonyl (C=O) groups is 1. The minimum absolute atomic E-state index is 0.0227. The summed E-state index contributed by atoms with van der Waals surface area (Å²) in [5, 5.41) is 8.98. The number of pyridine rings is 1. The second-order valence-electron chi connectivity index (χ2n) is 8.53. The molecule has 0 spiro atoms. The first-order chi connectivity index (χ1) is 15.5. The summed E-state index contributed by atoms with van der Waals surface area (Å²) in [5.74, 6) is 0.730. The van der Waals surface area contributed by atoms with E-state index < -0.39 is 0 Å². The zero-order valence-electron chi connectivity index (χ0n) is 17.8. The van der Waals surface area contributed by atoms with Crippen LogP contribution in [0.4, 0.5) is 0 Å². The Morgan fingerprint density at radius 3 is 2.78 bits per heavy atom. The van der Waals surface area contributed by atoms with Crippen LogP contribution < -0.4 is 10.9 Å². The van der Waals surface area contributed by atoms with Gasteiger partial charge in [-0.1, -0.05) is 47.4 Å². The maximum absolute atomic E-state index is 13.5. The molecule has 1 N–H and O–H groups in total. The van der Waals surface area contributed by atoms with Crippen molar-refractivity contribution in [2.24, 2.45) is 5.92 Å². The number of rotatable bonds is 4. The Labute approximate surface area is 190 Å². The molecule has 2 atom stereocenters. The van der Waals surface area contributed by atoms with Crippen molar-refractivity contribution in [1.82, 2.24) is 15.0 Å². The van der Waals surface area contributed by atoms with Gasteiger partial charge in [-0.3, -0.25) is 9.59 Å². The fourth-order valence-corrected chi connectivity index (χ4v) is 5.21. The van der Waals surface area contributed by atoms with E-state index in [2.05, 4.69) is 10.5 Å². The van der Waals surface area contributed by atoms with Gasteiger partial charge in [-0.2, -0.15) is 0 Å². The van der Waals surface area contributed by atoms with E-state index >= 15 is 0 Å². The van der Waals surface area contributed by atoms with Gasteiger partial charge in [0.15, 0.2) is 0 Å². The number of halogens is 1. The van der Waals surface area contributed by atoms with Crippen LogP contribution in [0.3, 0.4) is 0 Å². The topological polar surface area (TPSA) is 77.1 Å². The Morgan fingerprint density at radius 1 is 1.16 bits per heavy atom. The normalized spacial score (nSPS) is 18.8. The van der Waals surface area contributed by atoms with Crippen LogP contribution >= 0.6 is 11.6 Å². The molecule has 164 valence electrons. The minimum atomic E-state index is -0.0903. The van der Waals surface area contributed by atoms with Crippen LogP contribution in [-0.4, -0.2) is 22.2 Å². The van der Waals surface area contributed by atoms with E-state index in [-0.39, 0.29) is 17.5 Å². The summed E-state index contributed by atoms with van der Waals surface area (Å²) in [6, 6.07) is 14.8. The summed E-state index contributed by atoms with van der Waals surface area (Å²) in [5.41, 5.74) is 1.87. The maximum Gasteiger partial charge on any atom is 0.264 e. The van der Waals surface area contributed by atoms with Gasteiger partial charge in [0.05, 0.1) is 10.5 Å². The van der Waals surface area contributed by atoms with E-state index in [9.17, 15) is 9.59 Å². The van der Waals surface area contributed by atoms with Crippen molar-refractivity contribution in [3.63, 3.8) is 0 Å². The smallest absolute Gasteiger partial charge is 0.264 e. The predicted molar refractivity (Wildman–Crippen MR) is 125 cm³/mol. The van der Waals surface area contributed by atoms with E-state index in [0.29, 0.717) is 39.7 Å². The summed E-state index contributed by atoms with van der Waals surface area (Å²) >= 11 is 6.54. The van der Waals surface area contributed by atoms with Crippen LogP contribution in [0, 0.1) is 12.8 Å². The third kappa shape index (κ3) is 3.58. The first-order valence-corrected chi connectivity index (χ1v) is 11.3. The molecule has 6 nitrogen and oxygen atoms in total. The lowest BCUT2D eigenvalue weighted by Gasteiger charge is -2.31. The number of benzene rings is 2. The summed E-state index contributed by atoms with van der Waals surface area (Å²) in [4.78, 5) is 26.0. The third-order valence-electron chi connectivity index (χ3n) is 6.49. The van der Waals surface area contributed by atoms with Gasteiger partial charge in [0.25, 0.3) is 11.5 Å². The largest absolute Gasteiger partial charge is 0.360 e. The highest BCUT2D eigenvalue weighted by atomic mass is 35.5. The molecular weight excluding hydrogens is 426 g/mol. The SMILES string of the molecule is Cc1onc2c1c(=O)n([C@H]1CCC[C@@H](CNC(=O)c3ccccc3)C1)c1cccc(Cl)c21. The van der Waals surface area contributed by atoms with Crippen LogP contribution in [0.25, 0.3) is 21.8 Å². The van der Waals surface area contributed by atoms with E-state index in [1.54, 1.807) is 6.92 Å². The van der Waals surface area contributed by atoms with Crippen molar-refractivity contribution in [2.45, 2.75) is 38.6 Å². The van der Waals surface area contributed by atoms with Crippen molar-refractivity contribution in [2.75, 3.05) is 6.54 Å². The highest BCUT2D eigenvalue weighted by Gasteiger charge is 2.28. The molecule has 7 heteroatoms. The molecule has 32 heavy (non-hydrogen) atoms. The Morgan fingerprint density at radius 2 is 1.97 bits per heavy atom. The zero-order valence-corrected chi connectivity index (χ0v) is 18.6. The van der Waals surface area contributed by atoms with Crippen molar-refractivity contribution in [1.29, 1.82) is 0 Å². The van der Waals surface area contributed by atoms with E-state index in [1.807, 2.05) is 53.1 Å². The Kier molecular flexibility index (Phi) is 5.47. The van der Waals surface area contributed by atoms with Crippen molar-refractivity contribution >= 4 is 39.3 Å². The van der Waals surface area contributed by atoms with Gasteiger partial charge in [-0.25, -0.2) is 0 Å². The molecule has 0 saturated heterocycles. The van der Waals surface area contributed by atoms with Crippen molar-refractivity contribution in [3.05, 3.63) is 75.2 Å². The Balaban J connectivity index is 1.46. The molecule has 0 aliphatic heterocycles. The molecule has 1 fully saturated rings. The maximum atomic E-state index is 13.5. The minimum Gasteiger partial charge on any atom is -0.360 e. The molecule has 1 aliphatic rings. The fraction of sp³-hybridized carbons (Fsp3) is 0.320. The van der Waals surface area contributed by atoms with Gasteiger partial charge >= 0.3 is 0 Å². The van der Waals surface area contributed by atoms with Gasteiger partial charge in [0.2, 0.25) is 0 Å². The number of nitrogens with one attached hydrogen (secondary N) is 1. The lowest BCUT2D eigenvalue weighted by Crippen LogP contribution is -2.34. The molecule has 1 amide bonds. The van der Waals surface area contributed by atoms with Gasteiger partial charge in [0, 0.05) is 23.5 Å². The number of hydrogen-bond acceptors (Lipinski definition) is 4. The van der Waals surface area contributed by atoms with Gasteiger partial charge in [-0.15, -0.1) is 0 Å². The number of aryl methyl sites for hydroxylation is 1. The third-order valence-corrected chi connectivity index (χ3v) is 6.81. The first-order valence-electron chi connectivity index (χ1n) is 11.0. The number of aromatic nitrogens is 2. The van der Waals surface area contributed by atoms with E-state index in [1.165, 1.54) is 0 Å². The molecule has 0 bridgehead atoms. The van der Waals surface area contributed by atoms with Crippen LogP contribution in [0.5, 0.6) is 0 Å². The van der Waals surface area contributed by atoms with Crippen molar-refractivity contribution < 1.29 is 9.32 Å². The molecule has 4 aromatic rings. The zero-order chi connectivity index (χ0) is 22.2. The summed E-state index contributed by atoms with van der Waals surface area (Å²) in [6.07, 6.45) is 3.73. The molecule has 1 aliphatic carbocycles. The molecule has 1 saturated carbocycles. The molecule has 0 radical (unpaired) electrons. The summed E-state index contributed by atoms with van der Waals surface area (Å²) in [6.45, 7) is 2.35. The average molecular weight is 450 g/mol. The predicted octanol–water partition coefficient (Wildman–Crippen LogP) is 5.27. The quantitative estimate of drug-likeness (QED) is 0.460. The van der Waals surface area contributed by atoms with Crippen molar-refractivity contribution in [3.8, 4) is 0 Å². The monoisotopic (exact) mass is 449 g/mol. The van der Waals surface area contributed by atoms with Gasteiger partial charge in [0.1, 0.15) is 16.7 Å².